The van der Waals surface area contributed by atoms with Gasteiger partial charge in [-0.1, -0.05) is 12.1 Å². The zero-order valence-corrected chi connectivity index (χ0v) is 13.4. The van der Waals surface area contributed by atoms with Gasteiger partial charge in [0, 0.05) is 28.4 Å². The van der Waals surface area contributed by atoms with Gasteiger partial charge >= 0.3 is 5.95 Å². The van der Waals surface area contributed by atoms with E-state index in [1.54, 1.807) is 7.05 Å². The van der Waals surface area contributed by atoms with Crippen LogP contribution in [-0.2, 0) is 7.05 Å². The summed E-state index contributed by atoms with van der Waals surface area (Å²) in [6, 6.07) is 7.42. The fraction of sp³-hybridized carbons (Fsp3) is 0.0909. The molecule has 112 valence electrons. The summed E-state index contributed by atoms with van der Waals surface area (Å²) in [4.78, 5) is 13.8. The van der Waals surface area contributed by atoms with E-state index in [1.165, 1.54) is 4.68 Å². The van der Waals surface area contributed by atoms with Crippen LogP contribution in [0.25, 0.3) is 11.5 Å². The van der Waals surface area contributed by atoms with Crippen LogP contribution in [0.1, 0.15) is 0 Å². The van der Waals surface area contributed by atoms with Gasteiger partial charge in [0.2, 0.25) is 5.89 Å². The van der Waals surface area contributed by atoms with E-state index in [0.717, 1.165) is 21.8 Å². The third-order valence-corrected chi connectivity index (χ3v) is 4.13. The van der Waals surface area contributed by atoms with E-state index in [2.05, 4.69) is 36.2 Å². The van der Waals surface area contributed by atoms with Crippen LogP contribution in [0.5, 0.6) is 0 Å². The highest BCUT2D eigenvalue weighted by atomic mass is 79.9. The molecule has 0 atom stereocenters. The van der Waals surface area contributed by atoms with Crippen molar-refractivity contribution in [2.45, 2.75) is 10.4 Å². The quantitative estimate of drug-likeness (QED) is 0.499. The molecule has 0 amide bonds. The molecule has 0 saturated carbocycles. The first-order chi connectivity index (χ1) is 10.5. The Morgan fingerprint density at radius 3 is 2.82 bits per heavy atom. The van der Waals surface area contributed by atoms with E-state index in [-0.39, 0.29) is 10.4 Å². The van der Waals surface area contributed by atoms with Gasteiger partial charge in [-0.25, -0.2) is 0 Å². The van der Waals surface area contributed by atoms with Gasteiger partial charge in [-0.15, -0.1) is 10.2 Å². The number of halogens is 1. The number of aromatic nitrogens is 5. The number of aryl methyl sites for hydroxylation is 1. The largest absolute Gasteiger partial charge is 0.492 e. The van der Waals surface area contributed by atoms with Crippen LogP contribution in [0.3, 0.4) is 0 Å². The monoisotopic (exact) mass is 382 g/mol. The van der Waals surface area contributed by atoms with Gasteiger partial charge in [0.1, 0.15) is 0 Å². The number of benzene rings is 1. The van der Waals surface area contributed by atoms with E-state index in [4.69, 9.17) is 4.42 Å². The lowest BCUT2D eigenvalue weighted by atomic mass is 10.2. The van der Waals surface area contributed by atoms with Crippen LogP contribution in [-0.4, -0.2) is 29.9 Å². The molecule has 2 heterocycles. The van der Waals surface area contributed by atoms with Gasteiger partial charge in [0.15, 0.2) is 0 Å². The van der Waals surface area contributed by atoms with Crippen molar-refractivity contribution in [2.24, 2.45) is 7.05 Å². The molecule has 0 bridgehead atoms. The van der Waals surface area contributed by atoms with Gasteiger partial charge in [0.05, 0.1) is 5.56 Å². The molecule has 3 aromatic rings. The minimum Gasteiger partial charge on any atom is -0.411 e. The molecular weight excluding hydrogens is 376 g/mol. The molecule has 11 heteroatoms. The Morgan fingerprint density at radius 1 is 1.36 bits per heavy atom. The van der Waals surface area contributed by atoms with E-state index in [1.807, 2.05) is 24.3 Å². The molecule has 0 aliphatic rings. The summed E-state index contributed by atoms with van der Waals surface area (Å²) in [5, 5.41) is 22.7. The van der Waals surface area contributed by atoms with Crippen LogP contribution < -0.4 is 0 Å². The van der Waals surface area contributed by atoms with Crippen molar-refractivity contribution >= 4 is 33.6 Å². The smallest absolute Gasteiger partial charge is 0.411 e. The standard InChI is InChI=1S/C11H7BrN6O3S/c1-17-10(13-9(16-17)18(19)20)22-11-15-14-8(21-11)6-4-2-3-5-7(6)12/h2-5H,1H3. The molecular formula is C11H7BrN6O3S. The molecule has 0 unspecified atom stereocenters. The van der Waals surface area contributed by atoms with E-state index in [9.17, 15) is 10.1 Å². The molecule has 0 spiro atoms. The maximum atomic E-state index is 10.6. The minimum absolute atomic E-state index is 0.219. The highest BCUT2D eigenvalue weighted by Gasteiger charge is 2.22. The van der Waals surface area contributed by atoms with Crippen molar-refractivity contribution < 1.29 is 9.34 Å². The summed E-state index contributed by atoms with van der Waals surface area (Å²) in [7, 11) is 1.55. The Balaban J connectivity index is 1.86. The average Bonchev–Trinajstić information content (AvgIpc) is 3.08. The van der Waals surface area contributed by atoms with Crippen LogP contribution >= 0.6 is 27.7 Å². The topological polar surface area (TPSA) is 113 Å². The lowest BCUT2D eigenvalue weighted by molar-refractivity contribution is -0.394. The highest BCUT2D eigenvalue weighted by molar-refractivity contribution is 9.10. The number of nitro groups is 1. The molecule has 2 aromatic heterocycles. The molecule has 0 aliphatic heterocycles. The second-order valence-corrected chi connectivity index (χ2v) is 5.80. The Labute approximate surface area is 136 Å². The van der Waals surface area contributed by atoms with Gasteiger partial charge in [-0.3, -0.25) is 0 Å². The maximum absolute atomic E-state index is 10.6. The zero-order valence-electron chi connectivity index (χ0n) is 11.0. The van der Waals surface area contributed by atoms with Gasteiger partial charge < -0.3 is 14.5 Å². The summed E-state index contributed by atoms with van der Waals surface area (Å²) in [6.07, 6.45) is 0. The van der Waals surface area contributed by atoms with Crippen molar-refractivity contribution in [2.75, 3.05) is 0 Å². The molecule has 0 radical (unpaired) electrons. The highest BCUT2D eigenvalue weighted by Crippen LogP contribution is 2.31. The summed E-state index contributed by atoms with van der Waals surface area (Å²) >= 11 is 4.41. The maximum Gasteiger partial charge on any atom is 0.492 e. The first-order valence-corrected chi connectivity index (χ1v) is 7.47. The summed E-state index contributed by atoms with van der Waals surface area (Å²) in [6.45, 7) is 0. The third-order valence-electron chi connectivity index (χ3n) is 2.56. The number of hydrogen-bond acceptors (Lipinski definition) is 8. The van der Waals surface area contributed by atoms with E-state index in [0.29, 0.717) is 5.89 Å². The normalized spacial score (nSPS) is 10.8. The summed E-state index contributed by atoms with van der Waals surface area (Å²) < 4.78 is 7.65. The fourth-order valence-electron chi connectivity index (χ4n) is 1.60. The van der Waals surface area contributed by atoms with E-state index >= 15 is 0 Å². The van der Waals surface area contributed by atoms with Crippen molar-refractivity contribution in [3.8, 4) is 11.5 Å². The van der Waals surface area contributed by atoms with E-state index < -0.39 is 10.9 Å². The Bertz CT molecular complexity index is 848. The van der Waals surface area contributed by atoms with Crippen molar-refractivity contribution in [1.29, 1.82) is 0 Å². The first-order valence-electron chi connectivity index (χ1n) is 5.86. The Morgan fingerprint density at radius 2 is 2.14 bits per heavy atom. The molecule has 1 aromatic carbocycles. The van der Waals surface area contributed by atoms with Crippen molar-refractivity contribution in [1.82, 2.24) is 25.0 Å². The molecule has 9 nitrogen and oxygen atoms in total. The Kier molecular flexibility index (Phi) is 3.90. The van der Waals surface area contributed by atoms with Crippen molar-refractivity contribution in [3.63, 3.8) is 0 Å². The van der Waals surface area contributed by atoms with Gasteiger partial charge in [-0.05, 0) is 38.0 Å². The number of nitrogens with zero attached hydrogens (tertiary/aromatic N) is 6. The average molecular weight is 383 g/mol. The van der Waals surface area contributed by atoms with Crippen molar-refractivity contribution in [3.05, 3.63) is 38.9 Å². The molecule has 22 heavy (non-hydrogen) atoms. The SMILES string of the molecule is Cn1nc([N+](=O)[O-])nc1Sc1nnc(-c2ccccc2Br)o1. The number of rotatable bonds is 4. The molecule has 0 N–H and O–H groups in total. The van der Waals surface area contributed by atoms with Crippen LogP contribution in [0.2, 0.25) is 0 Å². The first kappa shape index (κ1) is 14.7. The second kappa shape index (κ2) is 5.85. The predicted molar refractivity (Wildman–Crippen MR) is 79.2 cm³/mol. The summed E-state index contributed by atoms with van der Waals surface area (Å²) in [5.74, 6) is -0.137. The van der Waals surface area contributed by atoms with Crippen LogP contribution in [0, 0.1) is 10.1 Å². The molecule has 0 fully saturated rings. The lowest BCUT2D eigenvalue weighted by Gasteiger charge is -1.96. The summed E-state index contributed by atoms with van der Waals surface area (Å²) in [5.41, 5.74) is 0.755. The fourth-order valence-corrected chi connectivity index (χ4v) is 2.71. The Hall–Kier alpha value is -2.27. The van der Waals surface area contributed by atoms with Crippen LogP contribution in [0.4, 0.5) is 5.95 Å². The predicted octanol–water partition coefficient (Wildman–Crippen LogP) is 2.69. The van der Waals surface area contributed by atoms with Gasteiger partial charge in [0.25, 0.3) is 10.4 Å². The van der Waals surface area contributed by atoms with Crippen LogP contribution in [0.15, 0.2) is 43.5 Å². The zero-order chi connectivity index (χ0) is 15.7. The molecule has 0 saturated heterocycles. The number of hydrogen-bond donors (Lipinski definition) is 0. The third kappa shape index (κ3) is 2.85. The molecule has 3 rings (SSSR count). The minimum atomic E-state index is -0.662. The second-order valence-electron chi connectivity index (χ2n) is 4.03. The van der Waals surface area contributed by atoms with Gasteiger partial charge in [-0.2, -0.15) is 4.68 Å². The molecule has 0 aliphatic carbocycles. The lowest BCUT2D eigenvalue weighted by Crippen LogP contribution is -1.94.